The molecule has 0 spiro atoms. The second kappa shape index (κ2) is 6.14. The predicted molar refractivity (Wildman–Crippen MR) is 82.7 cm³/mol. The molecular weight excluding hydrogens is 246 g/mol. The van der Waals surface area contributed by atoms with Crippen LogP contribution >= 0.6 is 0 Å². The summed E-state index contributed by atoms with van der Waals surface area (Å²) in [6.07, 6.45) is 1.84. The number of nitrogens with one attached hydrogen (secondary N) is 1. The van der Waals surface area contributed by atoms with E-state index in [2.05, 4.69) is 55.1 Å². The maximum atomic E-state index is 4.58. The number of hydrogen-bond donors (Lipinski definition) is 1. The van der Waals surface area contributed by atoms with E-state index >= 15 is 0 Å². The van der Waals surface area contributed by atoms with Gasteiger partial charge in [0.25, 0.3) is 0 Å². The molecule has 3 nitrogen and oxygen atoms in total. The zero-order chi connectivity index (χ0) is 14.7. The van der Waals surface area contributed by atoms with Crippen molar-refractivity contribution in [3.8, 4) is 0 Å². The van der Waals surface area contributed by atoms with E-state index in [1.165, 1.54) is 11.1 Å². The zero-order valence-corrected chi connectivity index (χ0v) is 12.9. The van der Waals surface area contributed by atoms with Crippen LogP contribution in [0.2, 0.25) is 0 Å². The lowest BCUT2D eigenvalue weighted by Crippen LogP contribution is -2.24. The lowest BCUT2D eigenvalue weighted by molar-refractivity contribution is 0.482. The average molecular weight is 269 g/mol. The minimum atomic E-state index is 0.214. The molecule has 106 valence electrons. The SMILES string of the molecule is Cc1cc(C)c(C(C)N[C@@H](C)c2ccccn2)c(C)n1. The number of rotatable bonds is 4. The molecule has 1 N–H and O–H groups in total. The minimum absolute atomic E-state index is 0.214. The van der Waals surface area contributed by atoms with Crippen LogP contribution in [-0.2, 0) is 0 Å². The summed E-state index contributed by atoms with van der Waals surface area (Å²) in [6, 6.07) is 8.63. The van der Waals surface area contributed by atoms with Crippen LogP contribution < -0.4 is 5.32 Å². The molecular formula is C17H23N3. The quantitative estimate of drug-likeness (QED) is 0.917. The molecule has 0 aromatic carbocycles. The zero-order valence-electron chi connectivity index (χ0n) is 12.9. The summed E-state index contributed by atoms with van der Waals surface area (Å²) in [4.78, 5) is 8.99. The van der Waals surface area contributed by atoms with Crippen LogP contribution in [0.15, 0.2) is 30.5 Å². The highest BCUT2D eigenvalue weighted by atomic mass is 15.0. The Balaban J connectivity index is 2.19. The fourth-order valence-corrected chi connectivity index (χ4v) is 2.86. The van der Waals surface area contributed by atoms with Crippen LogP contribution in [0.3, 0.4) is 0 Å². The van der Waals surface area contributed by atoms with E-state index in [-0.39, 0.29) is 12.1 Å². The fraction of sp³-hybridized carbons (Fsp3) is 0.412. The van der Waals surface area contributed by atoms with E-state index in [4.69, 9.17) is 0 Å². The molecule has 0 aliphatic heterocycles. The standard InChI is InChI=1S/C17H23N3/c1-11-10-12(2)19-14(4)17(11)15(5)20-13(3)16-8-6-7-9-18-16/h6-10,13,15,20H,1-5H3/t13-,15?/m0/s1. The van der Waals surface area contributed by atoms with Gasteiger partial charge < -0.3 is 5.32 Å². The lowest BCUT2D eigenvalue weighted by atomic mass is 9.99. The molecule has 3 heteroatoms. The third-order valence-corrected chi connectivity index (χ3v) is 3.65. The second-order valence-electron chi connectivity index (χ2n) is 5.44. The smallest absolute Gasteiger partial charge is 0.0570 e. The van der Waals surface area contributed by atoms with E-state index in [1.54, 1.807) is 0 Å². The van der Waals surface area contributed by atoms with E-state index in [0.717, 1.165) is 17.1 Å². The predicted octanol–water partition coefficient (Wildman–Crippen LogP) is 3.81. The van der Waals surface area contributed by atoms with Gasteiger partial charge in [0, 0.05) is 29.7 Å². The van der Waals surface area contributed by atoms with Crippen molar-refractivity contribution in [2.45, 2.75) is 46.7 Å². The van der Waals surface area contributed by atoms with Gasteiger partial charge in [-0.25, -0.2) is 0 Å². The van der Waals surface area contributed by atoms with E-state index in [1.807, 2.05) is 25.3 Å². The summed E-state index contributed by atoms with van der Waals surface area (Å²) in [5, 5.41) is 3.61. The van der Waals surface area contributed by atoms with Gasteiger partial charge in [0.1, 0.15) is 0 Å². The van der Waals surface area contributed by atoms with Gasteiger partial charge in [-0.2, -0.15) is 0 Å². The van der Waals surface area contributed by atoms with Crippen LogP contribution in [-0.4, -0.2) is 9.97 Å². The van der Waals surface area contributed by atoms with E-state index in [9.17, 15) is 0 Å². The molecule has 20 heavy (non-hydrogen) atoms. The molecule has 2 rings (SSSR count). The molecule has 2 heterocycles. The Bertz CT molecular complexity index is 555. The highest BCUT2D eigenvalue weighted by molar-refractivity contribution is 5.33. The van der Waals surface area contributed by atoms with Crippen molar-refractivity contribution in [3.63, 3.8) is 0 Å². The normalized spacial score (nSPS) is 14.1. The molecule has 2 aromatic rings. The molecule has 0 radical (unpaired) electrons. The third kappa shape index (κ3) is 3.23. The molecule has 2 aromatic heterocycles. The van der Waals surface area contributed by atoms with Gasteiger partial charge in [-0.05, 0) is 63.9 Å². The van der Waals surface area contributed by atoms with Gasteiger partial charge in [-0.1, -0.05) is 6.07 Å². The van der Waals surface area contributed by atoms with Crippen molar-refractivity contribution in [1.29, 1.82) is 0 Å². The van der Waals surface area contributed by atoms with Gasteiger partial charge in [-0.3, -0.25) is 9.97 Å². The van der Waals surface area contributed by atoms with Gasteiger partial charge in [0.15, 0.2) is 0 Å². The first-order valence-corrected chi connectivity index (χ1v) is 7.10. The maximum Gasteiger partial charge on any atom is 0.0570 e. The topological polar surface area (TPSA) is 37.8 Å². The molecule has 0 aliphatic rings. The van der Waals surface area contributed by atoms with Crippen LogP contribution in [0.5, 0.6) is 0 Å². The lowest BCUT2D eigenvalue weighted by Gasteiger charge is -2.23. The summed E-state index contributed by atoms with van der Waals surface area (Å²) in [7, 11) is 0. The van der Waals surface area contributed by atoms with Gasteiger partial charge in [0.2, 0.25) is 0 Å². The second-order valence-corrected chi connectivity index (χ2v) is 5.44. The first-order chi connectivity index (χ1) is 9.49. The minimum Gasteiger partial charge on any atom is -0.302 e. The average Bonchev–Trinajstić information content (AvgIpc) is 2.38. The number of nitrogens with zero attached hydrogens (tertiary/aromatic N) is 2. The van der Waals surface area contributed by atoms with Crippen LogP contribution in [0.1, 0.15) is 54.1 Å². The van der Waals surface area contributed by atoms with E-state index in [0.29, 0.717) is 0 Å². The molecule has 0 aliphatic carbocycles. The van der Waals surface area contributed by atoms with Crippen LogP contribution in [0.4, 0.5) is 0 Å². The Morgan fingerprint density at radius 3 is 2.40 bits per heavy atom. The molecule has 0 saturated heterocycles. The van der Waals surface area contributed by atoms with Gasteiger partial charge >= 0.3 is 0 Å². The summed E-state index contributed by atoms with van der Waals surface area (Å²) < 4.78 is 0. The number of hydrogen-bond acceptors (Lipinski definition) is 3. The van der Waals surface area contributed by atoms with Crippen molar-refractivity contribution < 1.29 is 0 Å². The monoisotopic (exact) mass is 269 g/mol. The molecule has 1 unspecified atom stereocenters. The summed E-state index contributed by atoms with van der Waals surface area (Å²) >= 11 is 0. The highest BCUT2D eigenvalue weighted by Gasteiger charge is 2.16. The van der Waals surface area contributed by atoms with Crippen LogP contribution in [0, 0.1) is 20.8 Å². The van der Waals surface area contributed by atoms with Crippen molar-refractivity contribution in [2.24, 2.45) is 0 Å². The molecule has 0 amide bonds. The molecule has 0 bridgehead atoms. The number of aryl methyl sites for hydroxylation is 3. The Kier molecular flexibility index (Phi) is 4.50. The number of pyridine rings is 2. The summed E-state index contributed by atoms with van der Waals surface area (Å²) in [5.41, 5.74) is 5.83. The first-order valence-electron chi connectivity index (χ1n) is 7.10. The van der Waals surface area contributed by atoms with Gasteiger partial charge in [-0.15, -0.1) is 0 Å². The summed E-state index contributed by atoms with van der Waals surface area (Å²) in [5.74, 6) is 0. The molecule has 0 fully saturated rings. The third-order valence-electron chi connectivity index (χ3n) is 3.65. The molecule has 2 atom stereocenters. The Labute approximate surface area is 121 Å². The van der Waals surface area contributed by atoms with E-state index < -0.39 is 0 Å². The van der Waals surface area contributed by atoms with Gasteiger partial charge in [0.05, 0.1) is 5.69 Å². The van der Waals surface area contributed by atoms with Crippen LogP contribution in [0.25, 0.3) is 0 Å². The molecule has 0 saturated carbocycles. The Morgan fingerprint density at radius 2 is 1.80 bits per heavy atom. The van der Waals surface area contributed by atoms with Crippen molar-refractivity contribution in [2.75, 3.05) is 0 Å². The number of aromatic nitrogens is 2. The Morgan fingerprint density at radius 1 is 1.05 bits per heavy atom. The van der Waals surface area contributed by atoms with Crippen molar-refractivity contribution in [1.82, 2.24) is 15.3 Å². The maximum absolute atomic E-state index is 4.58. The highest BCUT2D eigenvalue weighted by Crippen LogP contribution is 2.23. The largest absolute Gasteiger partial charge is 0.302 e. The van der Waals surface area contributed by atoms with Crippen molar-refractivity contribution >= 4 is 0 Å². The fourth-order valence-electron chi connectivity index (χ4n) is 2.86. The summed E-state index contributed by atoms with van der Waals surface area (Å²) in [6.45, 7) is 10.6. The Hall–Kier alpha value is -1.74. The first kappa shape index (κ1) is 14.7. The van der Waals surface area contributed by atoms with Crippen molar-refractivity contribution in [3.05, 3.63) is 58.7 Å².